The molecule has 4 aromatic rings. The summed E-state index contributed by atoms with van der Waals surface area (Å²) in [6, 6.07) is 33.6. The number of fused-ring (bicyclic) bond motifs is 11. The highest BCUT2D eigenvalue weighted by atomic mass is 16.5. The van der Waals surface area contributed by atoms with Crippen LogP contribution in [-0.2, 0) is 5.41 Å². The van der Waals surface area contributed by atoms with Crippen molar-refractivity contribution in [2.75, 3.05) is 4.90 Å². The van der Waals surface area contributed by atoms with Gasteiger partial charge in [0.05, 0.1) is 22.7 Å². The van der Waals surface area contributed by atoms with E-state index in [0.29, 0.717) is 0 Å². The van der Waals surface area contributed by atoms with E-state index in [4.69, 9.17) is 11.3 Å². The first-order chi connectivity index (χ1) is 25.7. The van der Waals surface area contributed by atoms with Crippen LogP contribution in [0.5, 0.6) is 5.75 Å². The molecule has 0 bridgehead atoms. The lowest BCUT2D eigenvalue weighted by Gasteiger charge is -2.49. The molecule has 0 N–H and O–H groups in total. The second kappa shape index (κ2) is 12.4. The molecule has 0 fully saturated rings. The van der Waals surface area contributed by atoms with Gasteiger partial charge in [-0.3, -0.25) is 4.99 Å². The first kappa shape index (κ1) is 32.0. The standard InChI is InChI=1S/C45H30N2O.2C2H6/c1-27-10-6-7-23-47-40-18-5-4-16-38(40)45(36-15-3-2-11-32(36)33-13-9-17-37(33)45)39-24-35-34-14-8-12-31(43(34)48-44(35)41(27)42(39)47)29-21-19-28(20-22-29)30-25-46-26-30;2*1-2/h2-16,18-23,25-26,35H,1,17,24H2;2*1-2H3/b10-6-,23-7-;;. The largest absolute Gasteiger partial charge is 0.459 e. The lowest BCUT2D eigenvalue weighted by Crippen LogP contribution is -2.42. The summed E-state index contributed by atoms with van der Waals surface area (Å²) in [5, 5.41) is 0. The molecular formula is C49H42N2O. The monoisotopic (exact) mass is 674 g/mol. The average molecular weight is 675 g/mol. The number of benzene rings is 4. The van der Waals surface area contributed by atoms with Crippen molar-refractivity contribution >= 4 is 23.0 Å². The molecule has 2 unspecified atom stereocenters. The third-order valence-corrected chi connectivity index (χ3v) is 11.3. The molecular weight excluding hydrogens is 633 g/mol. The van der Waals surface area contributed by atoms with Crippen LogP contribution in [0.2, 0.25) is 0 Å². The molecule has 0 radical (unpaired) electrons. The fourth-order valence-electron chi connectivity index (χ4n) is 9.34. The van der Waals surface area contributed by atoms with E-state index in [-0.39, 0.29) is 11.3 Å². The Balaban J connectivity index is 0.000000872. The second-order valence-corrected chi connectivity index (χ2v) is 13.5. The molecule has 3 heteroatoms. The fourth-order valence-corrected chi connectivity index (χ4v) is 9.34. The van der Waals surface area contributed by atoms with Crippen LogP contribution in [0.4, 0.5) is 5.69 Å². The number of para-hydroxylation sites is 2. The smallest absolute Gasteiger partial charge is 0.138 e. The summed E-state index contributed by atoms with van der Waals surface area (Å²) in [4.78, 5) is 6.56. The van der Waals surface area contributed by atoms with Crippen molar-refractivity contribution in [2.45, 2.75) is 51.9 Å². The summed E-state index contributed by atoms with van der Waals surface area (Å²) in [7, 11) is 0. The summed E-state index contributed by atoms with van der Waals surface area (Å²) in [5.41, 5.74) is 18.4. The molecule has 254 valence electrons. The fraction of sp³-hybridized carbons (Fsp3) is 0.163. The van der Waals surface area contributed by atoms with Crippen molar-refractivity contribution < 1.29 is 4.74 Å². The lowest BCUT2D eigenvalue weighted by atomic mass is 9.59. The third-order valence-electron chi connectivity index (χ3n) is 11.3. The minimum atomic E-state index is -0.374. The summed E-state index contributed by atoms with van der Waals surface area (Å²) in [6.45, 7) is 12.7. The Morgan fingerprint density at radius 2 is 1.50 bits per heavy atom. The Morgan fingerprint density at radius 3 is 2.29 bits per heavy atom. The van der Waals surface area contributed by atoms with Crippen LogP contribution in [0.1, 0.15) is 74.3 Å². The molecule has 2 atom stereocenters. The highest BCUT2D eigenvalue weighted by Gasteiger charge is 2.57. The van der Waals surface area contributed by atoms with Gasteiger partial charge in [0.2, 0.25) is 0 Å². The molecule has 11 rings (SSSR count). The number of ether oxygens (including phenoxy) is 1. The van der Waals surface area contributed by atoms with E-state index in [1.165, 1.54) is 61.5 Å². The molecule has 4 heterocycles. The SMILES string of the molecule is C=C1/C=C\C=C/N2C3=C(CC4C(=C13)Oc1c(-c3ccc(C5=CN=C5)cc3)cccc14)C1(C3=C(C=CC3)c3ccccc31)c1ccccc12.CC.CC. The maximum Gasteiger partial charge on any atom is 0.138 e. The van der Waals surface area contributed by atoms with Gasteiger partial charge in [-0.2, -0.15) is 0 Å². The van der Waals surface area contributed by atoms with Gasteiger partial charge in [0, 0.05) is 40.9 Å². The predicted octanol–water partition coefficient (Wildman–Crippen LogP) is 12.4. The average Bonchev–Trinajstić information content (AvgIpc) is 3.88. The molecule has 3 aliphatic carbocycles. The molecule has 7 aliphatic rings. The molecule has 4 aliphatic heterocycles. The lowest BCUT2D eigenvalue weighted by molar-refractivity contribution is 0.412. The van der Waals surface area contributed by atoms with Crippen LogP contribution < -0.4 is 9.64 Å². The number of nitrogens with zero attached hydrogens (tertiary/aromatic N) is 2. The van der Waals surface area contributed by atoms with Crippen molar-refractivity contribution in [3.8, 4) is 16.9 Å². The molecule has 3 nitrogen and oxygen atoms in total. The molecule has 4 aromatic carbocycles. The zero-order chi connectivity index (χ0) is 35.6. The van der Waals surface area contributed by atoms with E-state index in [1.54, 1.807) is 0 Å². The quantitative estimate of drug-likeness (QED) is 0.211. The van der Waals surface area contributed by atoms with Gasteiger partial charge in [0.1, 0.15) is 11.5 Å². The van der Waals surface area contributed by atoms with Gasteiger partial charge in [0.15, 0.2) is 0 Å². The summed E-state index contributed by atoms with van der Waals surface area (Å²) in [6.07, 6.45) is 18.9. The van der Waals surface area contributed by atoms with Gasteiger partial charge < -0.3 is 9.64 Å². The zero-order valence-electron chi connectivity index (χ0n) is 30.3. The molecule has 0 aromatic heterocycles. The Kier molecular flexibility index (Phi) is 7.62. The number of anilines is 1. The predicted molar refractivity (Wildman–Crippen MR) is 217 cm³/mol. The molecule has 1 spiro atoms. The molecule has 0 saturated heterocycles. The van der Waals surface area contributed by atoms with E-state index >= 15 is 0 Å². The number of rotatable bonds is 2. The Bertz CT molecular complexity index is 2440. The van der Waals surface area contributed by atoms with Gasteiger partial charge >= 0.3 is 0 Å². The summed E-state index contributed by atoms with van der Waals surface area (Å²) >= 11 is 0. The zero-order valence-corrected chi connectivity index (χ0v) is 30.3. The Hall–Kier alpha value is -5.93. The highest BCUT2D eigenvalue weighted by Crippen LogP contribution is 2.67. The second-order valence-electron chi connectivity index (χ2n) is 13.5. The number of aliphatic imine (C=N–C) groups is 1. The minimum absolute atomic E-state index is 0.0769. The number of hydrogen-bond donors (Lipinski definition) is 0. The molecule has 0 amide bonds. The van der Waals surface area contributed by atoms with Crippen molar-refractivity contribution in [3.05, 3.63) is 202 Å². The normalized spacial score (nSPS) is 22.9. The Morgan fingerprint density at radius 1 is 0.769 bits per heavy atom. The first-order valence-corrected chi connectivity index (χ1v) is 18.8. The van der Waals surface area contributed by atoms with Crippen molar-refractivity contribution in [2.24, 2.45) is 4.99 Å². The van der Waals surface area contributed by atoms with Crippen LogP contribution in [0.15, 0.2) is 179 Å². The van der Waals surface area contributed by atoms with Crippen molar-refractivity contribution in [1.29, 1.82) is 0 Å². The van der Waals surface area contributed by atoms with Gasteiger partial charge in [0.25, 0.3) is 0 Å². The van der Waals surface area contributed by atoms with Crippen LogP contribution in [0, 0.1) is 0 Å². The van der Waals surface area contributed by atoms with E-state index in [2.05, 4.69) is 137 Å². The van der Waals surface area contributed by atoms with Gasteiger partial charge in [-0.25, -0.2) is 0 Å². The van der Waals surface area contributed by atoms with E-state index < -0.39 is 0 Å². The van der Waals surface area contributed by atoms with Crippen LogP contribution >= 0.6 is 0 Å². The summed E-state index contributed by atoms with van der Waals surface area (Å²) < 4.78 is 7.15. The van der Waals surface area contributed by atoms with E-state index in [1.807, 2.05) is 40.1 Å². The first-order valence-electron chi connectivity index (χ1n) is 18.8. The molecule has 52 heavy (non-hydrogen) atoms. The van der Waals surface area contributed by atoms with Crippen LogP contribution in [0.25, 0.3) is 22.3 Å². The third kappa shape index (κ3) is 4.23. The highest BCUT2D eigenvalue weighted by molar-refractivity contribution is 6.14. The minimum Gasteiger partial charge on any atom is -0.459 e. The maximum absolute atomic E-state index is 7.15. The van der Waals surface area contributed by atoms with Gasteiger partial charge in [-0.15, -0.1) is 0 Å². The number of allylic oxidation sites excluding steroid dienone is 11. The molecule has 0 saturated carbocycles. The number of hydrogen-bond acceptors (Lipinski definition) is 3. The van der Waals surface area contributed by atoms with Crippen molar-refractivity contribution in [3.63, 3.8) is 0 Å². The summed E-state index contributed by atoms with van der Waals surface area (Å²) in [5.74, 6) is 2.05. The van der Waals surface area contributed by atoms with E-state index in [9.17, 15) is 0 Å². The topological polar surface area (TPSA) is 24.8 Å². The Labute approximate surface area is 307 Å². The van der Waals surface area contributed by atoms with Crippen LogP contribution in [0.3, 0.4) is 0 Å². The van der Waals surface area contributed by atoms with Crippen LogP contribution in [-0.4, -0.2) is 6.21 Å². The van der Waals surface area contributed by atoms with Gasteiger partial charge in [-0.1, -0.05) is 144 Å². The van der Waals surface area contributed by atoms with E-state index in [0.717, 1.165) is 46.6 Å². The van der Waals surface area contributed by atoms with Gasteiger partial charge in [-0.05, 0) is 75.1 Å². The van der Waals surface area contributed by atoms with Crippen molar-refractivity contribution in [1.82, 2.24) is 0 Å². The maximum atomic E-state index is 7.15.